The fraction of sp³-hybridized carbons (Fsp3) is 0.692. The smallest absolute Gasteiger partial charge is 0.214 e. The highest BCUT2D eigenvalue weighted by atomic mass is 32.2. The zero-order chi connectivity index (χ0) is 13.9. The summed E-state index contributed by atoms with van der Waals surface area (Å²) in [6, 6.07) is 4.06. The number of sulfonamides is 1. The van der Waals surface area contributed by atoms with Crippen LogP contribution in [-0.2, 0) is 15.4 Å². The molecule has 1 fully saturated rings. The molecule has 2 rings (SSSR count). The van der Waals surface area contributed by atoms with E-state index in [0.29, 0.717) is 19.4 Å². The van der Waals surface area contributed by atoms with Crippen LogP contribution in [0.4, 0.5) is 0 Å². The highest BCUT2D eigenvalue weighted by molar-refractivity contribution is 7.90. The van der Waals surface area contributed by atoms with Crippen LogP contribution in [0.2, 0.25) is 0 Å². The molecule has 1 saturated heterocycles. The number of hydrogen-bond donors (Lipinski definition) is 2. The molecule has 0 saturated carbocycles. The number of rotatable bonds is 5. The van der Waals surface area contributed by atoms with Gasteiger partial charge in [0.15, 0.2) is 0 Å². The summed E-state index contributed by atoms with van der Waals surface area (Å²) in [5, 5.41) is 4.97. The molecule has 6 heteroatoms. The quantitative estimate of drug-likeness (QED) is 0.870. The molecule has 2 heterocycles. The highest BCUT2D eigenvalue weighted by Crippen LogP contribution is 2.27. The Balaban J connectivity index is 1.97. The molecule has 0 atom stereocenters. The van der Waals surface area contributed by atoms with Crippen molar-refractivity contribution in [2.24, 2.45) is 0 Å². The fourth-order valence-corrected chi connectivity index (χ4v) is 4.76. The first-order valence-electron chi connectivity index (χ1n) is 6.65. The maximum Gasteiger partial charge on any atom is 0.214 e. The number of piperidine rings is 1. The van der Waals surface area contributed by atoms with Gasteiger partial charge in [-0.25, -0.2) is 13.1 Å². The Morgan fingerprint density at radius 3 is 2.68 bits per heavy atom. The minimum absolute atomic E-state index is 0.159. The van der Waals surface area contributed by atoms with E-state index in [1.165, 1.54) is 4.88 Å². The Morgan fingerprint density at radius 1 is 1.42 bits per heavy atom. The summed E-state index contributed by atoms with van der Waals surface area (Å²) in [5.74, 6) is 0. The third-order valence-corrected chi connectivity index (χ3v) is 6.76. The SMILES string of the molecule is CC(C)(CNS(=O)(=O)C1CCNCC1)c1cccs1. The van der Waals surface area contributed by atoms with Crippen molar-refractivity contribution in [2.75, 3.05) is 19.6 Å². The van der Waals surface area contributed by atoms with E-state index in [9.17, 15) is 8.42 Å². The van der Waals surface area contributed by atoms with Crippen LogP contribution in [0.15, 0.2) is 17.5 Å². The first-order valence-corrected chi connectivity index (χ1v) is 9.08. The van der Waals surface area contributed by atoms with Gasteiger partial charge in [-0.1, -0.05) is 19.9 Å². The summed E-state index contributed by atoms with van der Waals surface area (Å²) < 4.78 is 27.3. The third kappa shape index (κ3) is 3.78. The van der Waals surface area contributed by atoms with E-state index in [4.69, 9.17) is 0 Å². The van der Waals surface area contributed by atoms with Gasteiger partial charge >= 0.3 is 0 Å². The van der Waals surface area contributed by atoms with Gasteiger partial charge in [0.2, 0.25) is 10.0 Å². The van der Waals surface area contributed by atoms with Gasteiger partial charge < -0.3 is 5.32 Å². The van der Waals surface area contributed by atoms with Gasteiger partial charge in [0.1, 0.15) is 0 Å². The standard InChI is InChI=1S/C13H22N2O2S2/c1-13(2,12-4-3-9-18-12)10-15-19(16,17)11-5-7-14-8-6-11/h3-4,9,11,14-15H,5-8,10H2,1-2H3. The fourth-order valence-electron chi connectivity index (χ4n) is 2.26. The molecule has 1 aliphatic heterocycles. The molecular formula is C13H22N2O2S2. The van der Waals surface area contributed by atoms with Crippen molar-refractivity contribution in [3.63, 3.8) is 0 Å². The van der Waals surface area contributed by atoms with Crippen molar-refractivity contribution < 1.29 is 8.42 Å². The van der Waals surface area contributed by atoms with Gasteiger partial charge in [0.05, 0.1) is 5.25 Å². The average molecular weight is 302 g/mol. The summed E-state index contributed by atoms with van der Waals surface area (Å²) in [7, 11) is -3.19. The zero-order valence-corrected chi connectivity index (χ0v) is 13.1. The van der Waals surface area contributed by atoms with Crippen molar-refractivity contribution in [1.29, 1.82) is 0 Å². The molecule has 19 heavy (non-hydrogen) atoms. The molecule has 0 unspecified atom stereocenters. The van der Waals surface area contributed by atoms with Crippen LogP contribution in [0.25, 0.3) is 0 Å². The highest BCUT2D eigenvalue weighted by Gasteiger charge is 2.30. The summed E-state index contributed by atoms with van der Waals surface area (Å²) in [6.07, 6.45) is 1.41. The molecular weight excluding hydrogens is 280 g/mol. The normalized spacial score (nSPS) is 18.6. The van der Waals surface area contributed by atoms with E-state index in [1.807, 2.05) is 11.4 Å². The lowest BCUT2D eigenvalue weighted by Gasteiger charge is -2.27. The largest absolute Gasteiger partial charge is 0.317 e. The molecule has 0 amide bonds. The van der Waals surface area contributed by atoms with E-state index in [0.717, 1.165) is 13.1 Å². The second-order valence-corrected chi connectivity index (χ2v) is 8.67. The Bertz CT molecular complexity index is 489. The Labute approximate surface area is 119 Å². The van der Waals surface area contributed by atoms with E-state index in [2.05, 4.69) is 30.0 Å². The monoisotopic (exact) mass is 302 g/mol. The van der Waals surface area contributed by atoms with Crippen molar-refractivity contribution in [3.8, 4) is 0 Å². The van der Waals surface area contributed by atoms with Crippen LogP contribution in [0, 0.1) is 0 Å². The summed E-state index contributed by atoms with van der Waals surface area (Å²) in [6.45, 7) is 6.19. The predicted octanol–water partition coefficient (Wildman–Crippen LogP) is 1.70. The van der Waals surface area contributed by atoms with Crippen LogP contribution in [0.1, 0.15) is 31.6 Å². The average Bonchev–Trinajstić information content (AvgIpc) is 2.93. The topological polar surface area (TPSA) is 58.2 Å². The summed E-state index contributed by atoms with van der Waals surface area (Å²) >= 11 is 1.67. The molecule has 0 aliphatic carbocycles. The van der Waals surface area contributed by atoms with E-state index >= 15 is 0 Å². The third-order valence-electron chi connectivity index (χ3n) is 3.63. The van der Waals surface area contributed by atoms with Crippen LogP contribution in [-0.4, -0.2) is 33.3 Å². The van der Waals surface area contributed by atoms with Gasteiger partial charge in [-0.3, -0.25) is 0 Å². The molecule has 0 aromatic carbocycles. The summed E-state index contributed by atoms with van der Waals surface area (Å²) in [4.78, 5) is 1.21. The van der Waals surface area contributed by atoms with E-state index < -0.39 is 10.0 Å². The van der Waals surface area contributed by atoms with E-state index in [-0.39, 0.29) is 10.7 Å². The molecule has 0 radical (unpaired) electrons. The lowest BCUT2D eigenvalue weighted by Crippen LogP contribution is -2.45. The maximum atomic E-state index is 12.3. The predicted molar refractivity (Wildman–Crippen MR) is 80.2 cm³/mol. The Kier molecular flexibility index (Phi) is 4.66. The lowest BCUT2D eigenvalue weighted by molar-refractivity contribution is 0.473. The molecule has 1 aromatic rings. The number of thiophene rings is 1. The number of nitrogens with one attached hydrogen (secondary N) is 2. The van der Waals surface area contributed by atoms with Crippen molar-refractivity contribution in [3.05, 3.63) is 22.4 Å². The van der Waals surface area contributed by atoms with Crippen LogP contribution < -0.4 is 10.0 Å². The first-order chi connectivity index (χ1) is 8.92. The van der Waals surface area contributed by atoms with E-state index in [1.54, 1.807) is 11.3 Å². The lowest BCUT2D eigenvalue weighted by atomic mass is 9.92. The molecule has 0 bridgehead atoms. The Hall–Kier alpha value is -0.430. The van der Waals surface area contributed by atoms with Crippen LogP contribution >= 0.6 is 11.3 Å². The minimum Gasteiger partial charge on any atom is -0.317 e. The Morgan fingerprint density at radius 2 is 2.11 bits per heavy atom. The van der Waals surface area contributed by atoms with Crippen molar-refractivity contribution in [2.45, 2.75) is 37.4 Å². The second kappa shape index (κ2) is 5.91. The van der Waals surface area contributed by atoms with Gasteiger partial charge in [-0.2, -0.15) is 0 Å². The first kappa shape index (κ1) is 15.0. The zero-order valence-electron chi connectivity index (χ0n) is 11.5. The number of hydrogen-bond acceptors (Lipinski definition) is 4. The second-order valence-electron chi connectivity index (χ2n) is 5.68. The van der Waals surface area contributed by atoms with Crippen LogP contribution in [0.3, 0.4) is 0 Å². The maximum absolute atomic E-state index is 12.3. The molecule has 1 aromatic heterocycles. The van der Waals surface area contributed by atoms with Gasteiger partial charge in [0, 0.05) is 16.8 Å². The summed E-state index contributed by atoms with van der Waals surface area (Å²) in [5.41, 5.74) is -0.159. The van der Waals surface area contributed by atoms with Gasteiger partial charge in [-0.15, -0.1) is 11.3 Å². The van der Waals surface area contributed by atoms with Gasteiger partial charge in [0.25, 0.3) is 0 Å². The van der Waals surface area contributed by atoms with Crippen molar-refractivity contribution >= 4 is 21.4 Å². The molecule has 0 spiro atoms. The molecule has 2 N–H and O–H groups in total. The van der Waals surface area contributed by atoms with Crippen molar-refractivity contribution in [1.82, 2.24) is 10.0 Å². The van der Waals surface area contributed by atoms with Gasteiger partial charge in [-0.05, 0) is 37.4 Å². The molecule has 1 aliphatic rings. The van der Waals surface area contributed by atoms with Crippen LogP contribution in [0.5, 0.6) is 0 Å². The molecule has 4 nitrogen and oxygen atoms in total. The minimum atomic E-state index is -3.19. The molecule has 108 valence electrons.